The van der Waals surface area contributed by atoms with Crippen LogP contribution < -0.4 is 9.62 Å². The Kier molecular flexibility index (Phi) is 5.09. The Morgan fingerprint density at radius 3 is 2.70 bits per heavy atom. The van der Waals surface area contributed by atoms with Crippen LogP contribution in [0.1, 0.15) is 22.3 Å². The summed E-state index contributed by atoms with van der Waals surface area (Å²) in [6.45, 7) is 0.913. The molecule has 2 heterocycles. The first kappa shape index (κ1) is 19.2. The first-order valence-corrected chi connectivity index (χ1v) is 10.3. The molecule has 1 N–H and O–H groups in total. The minimum absolute atomic E-state index is 0.221. The highest BCUT2D eigenvalue weighted by Crippen LogP contribution is 2.31. The van der Waals surface area contributed by atoms with Crippen molar-refractivity contribution in [3.8, 4) is 0 Å². The number of hydrogen-bond acceptors (Lipinski definition) is 6. The molecule has 0 spiro atoms. The van der Waals surface area contributed by atoms with Gasteiger partial charge in [-0.25, -0.2) is 8.42 Å². The smallest absolute Gasteiger partial charge is 0.308 e. The number of methoxy groups -OCH3 is 1. The summed E-state index contributed by atoms with van der Waals surface area (Å²) in [5.41, 5.74) is 1.68. The Morgan fingerprint density at radius 2 is 2.04 bits per heavy atom. The predicted molar refractivity (Wildman–Crippen MR) is 96.8 cm³/mol. The number of fused-ring (bicyclic) bond motifs is 1. The van der Waals surface area contributed by atoms with E-state index in [1.54, 1.807) is 18.2 Å². The second kappa shape index (κ2) is 7.18. The lowest BCUT2D eigenvalue weighted by atomic mass is 10.0. The Balaban J connectivity index is 1.87. The molecule has 2 amide bonds. The Bertz CT molecular complexity index is 898. The van der Waals surface area contributed by atoms with E-state index in [1.165, 1.54) is 16.3 Å². The number of nitrogens with one attached hydrogen (secondary N) is 1. The van der Waals surface area contributed by atoms with E-state index in [4.69, 9.17) is 0 Å². The molecule has 2 aliphatic rings. The molecule has 3 rings (SSSR count). The molecular formula is C17H21N3O6S. The fourth-order valence-electron chi connectivity index (χ4n) is 3.42. The van der Waals surface area contributed by atoms with Gasteiger partial charge in [-0.2, -0.15) is 0 Å². The van der Waals surface area contributed by atoms with Crippen LogP contribution >= 0.6 is 0 Å². The van der Waals surface area contributed by atoms with Gasteiger partial charge in [-0.05, 0) is 30.2 Å². The summed E-state index contributed by atoms with van der Waals surface area (Å²) in [5.74, 6) is -1.35. The molecule has 2 aliphatic heterocycles. The lowest BCUT2D eigenvalue weighted by molar-refractivity contribution is -0.145. The van der Waals surface area contributed by atoms with E-state index < -0.39 is 27.9 Å². The molecule has 1 saturated heterocycles. The maximum absolute atomic E-state index is 13.0. The fourth-order valence-corrected chi connectivity index (χ4v) is 4.38. The summed E-state index contributed by atoms with van der Waals surface area (Å²) < 4.78 is 29.6. The molecule has 1 fully saturated rings. The summed E-state index contributed by atoms with van der Waals surface area (Å²) in [6.07, 6.45) is 1.43. The Morgan fingerprint density at radius 1 is 1.30 bits per heavy atom. The van der Waals surface area contributed by atoms with Gasteiger partial charge in [0.05, 0.1) is 25.5 Å². The molecular weight excluding hydrogens is 374 g/mol. The summed E-state index contributed by atoms with van der Waals surface area (Å²) in [7, 11) is -2.14. The number of rotatable bonds is 4. The molecule has 0 aliphatic carbocycles. The molecule has 1 atom stereocenters. The molecule has 10 heteroatoms. The number of esters is 1. The molecule has 0 bridgehead atoms. The van der Waals surface area contributed by atoms with Crippen molar-refractivity contribution in [1.29, 1.82) is 0 Å². The van der Waals surface area contributed by atoms with Crippen molar-refractivity contribution >= 4 is 33.5 Å². The maximum Gasteiger partial charge on any atom is 0.308 e. The van der Waals surface area contributed by atoms with E-state index in [0.717, 1.165) is 11.8 Å². The average Bonchev–Trinajstić information content (AvgIpc) is 3.06. The third-order valence-corrected chi connectivity index (χ3v) is 5.94. The maximum atomic E-state index is 13.0. The second-order valence-electron chi connectivity index (χ2n) is 6.51. The van der Waals surface area contributed by atoms with Crippen molar-refractivity contribution in [3.63, 3.8) is 0 Å². The van der Waals surface area contributed by atoms with Crippen LogP contribution in [0.3, 0.4) is 0 Å². The number of carbonyl (C=O) groups is 3. The number of piperazine rings is 1. The molecule has 146 valence electrons. The molecule has 1 aromatic rings. The van der Waals surface area contributed by atoms with Gasteiger partial charge in [0.1, 0.15) is 6.04 Å². The largest absolute Gasteiger partial charge is 0.469 e. The number of ether oxygens (including phenoxy) is 1. The Labute approximate surface area is 157 Å². The number of hydrogen-bond donors (Lipinski definition) is 1. The monoisotopic (exact) mass is 395 g/mol. The van der Waals surface area contributed by atoms with Crippen LogP contribution in [-0.2, 0) is 30.8 Å². The minimum Gasteiger partial charge on any atom is -0.469 e. The molecule has 1 aromatic carbocycles. The van der Waals surface area contributed by atoms with Gasteiger partial charge in [0.2, 0.25) is 15.9 Å². The van der Waals surface area contributed by atoms with Crippen LogP contribution in [0, 0.1) is 0 Å². The highest BCUT2D eigenvalue weighted by molar-refractivity contribution is 7.92. The van der Waals surface area contributed by atoms with Crippen LogP contribution in [0.4, 0.5) is 5.69 Å². The van der Waals surface area contributed by atoms with Crippen molar-refractivity contribution in [1.82, 2.24) is 10.2 Å². The van der Waals surface area contributed by atoms with E-state index in [2.05, 4.69) is 10.1 Å². The van der Waals surface area contributed by atoms with Gasteiger partial charge in [-0.15, -0.1) is 0 Å². The quantitative estimate of drug-likeness (QED) is 0.689. The SMILES string of the molecule is COC(=O)CC1C(=O)NCCN1C(=O)c1ccc2c(c1)CCN2S(C)(=O)=O. The number of carbonyl (C=O) groups excluding carboxylic acids is 3. The second-order valence-corrected chi connectivity index (χ2v) is 8.42. The van der Waals surface area contributed by atoms with E-state index >= 15 is 0 Å². The summed E-state index contributed by atoms with van der Waals surface area (Å²) in [6, 6.07) is 3.88. The third-order valence-electron chi connectivity index (χ3n) is 4.76. The number of nitrogens with zero attached hydrogens (tertiary/aromatic N) is 2. The van der Waals surface area contributed by atoms with Crippen LogP contribution in [0.5, 0.6) is 0 Å². The van der Waals surface area contributed by atoms with Crippen LogP contribution in [0.2, 0.25) is 0 Å². The van der Waals surface area contributed by atoms with Crippen LogP contribution in [0.25, 0.3) is 0 Å². The number of benzene rings is 1. The number of amides is 2. The summed E-state index contributed by atoms with van der Waals surface area (Å²) in [4.78, 5) is 38.1. The lowest BCUT2D eigenvalue weighted by Gasteiger charge is -2.34. The number of anilines is 1. The van der Waals surface area contributed by atoms with Crippen LogP contribution in [0.15, 0.2) is 18.2 Å². The van der Waals surface area contributed by atoms with Gasteiger partial charge in [-0.3, -0.25) is 18.7 Å². The van der Waals surface area contributed by atoms with E-state index in [1.807, 2.05) is 0 Å². The third kappa shape index (κ3) is 3.75. The van der Waals surface area contributed by atoms with Crippen molar-refractivity contribution in [3.05, 3.63) is 29.3 Å². The summed E-state index contributed by atoms with van der Waals surface area (Å²) in [5, 5.41) is 2.65. The van der Waals surface area contributed by atoms with Crippen molar-refractivity contribution in [2.45, 2.75) is 18.9 Å². The van der Waals surface area contributed by atoms with Crippen molar-refractivity contribution < 1.29 is 27.5 Å². The zero-order valence-electron chi connectivity index (χ0n) is 15.1. The molecule has 1 unspecified atom stereocenters. The number of sulfonamides is 1. The minimum atomic E-state index is -3.37. The molecule has 27 heavy (non-hydrogen) atoms. The van der Waals surface area contributed by atoms with Crippen LogP contribution in [-0.4, -0.2) is 70.1 Å². The molecule has 0 saturated carbocycles. The zero-order chi connectivity index (χ0) is 19.8. The van der Waals surface area contributed by atoms with Gasteiger partial charge < -0.3 is 15.0 Å². The molecule has 0 radical (unpaired) electrons. The summed E-state index contributed by atoms with van der Waals surface area (Å²) >= 11 is 0. The van der Waals surface area contributed by atoms with E-state index in [9.17, 15) is 22.8 Å². The molecule has 9 nitrogen and oxygen atoms in total. The van der Waals surface area contributed by atoms with Crippen molar-refractivity contribution in [2.75, 3.05) is 37.3 Å². The van der Waals surface area contributed by atoms with Gasteiger partial charge in [0.15, 0.2) is 0 Å². The van der Waals surface area contributed by atoms with E-state index in [0.29, 0.717) is 30.8 Å². The normalized spacial score (nSPS) is 19.5. The van der Waals surface area contributed by atoms with Gasteiger partial charge >= 0.3 is 5.97 Å². The first-order valence-electron chi connectivity index (χ1n) is 8.48. The van der Waals surface area contributed by atoms with Crippen molar-refractivity contribution in [2.24, 2.45) is 0 Å². The molecule has 0 aromatic heterocycles. The lowest BCUT2D eigenvalue weighted by Crippen LogP contribution is -2.57. The highest BCUT2D eigenvalue weighted by Gasteiger charge is 2.36. The highest BCUT2D eigenvalue weighted by atomic mass is 32.2. The fraction of sp³-hybridized carbons (Fsp3) is 0.471. The predicted octanol–water partition coefficient (Wildman–Crippen LogP) is -0.488. The van der Waals surface area contributed by atoms with Gasteiger partial charge in [-0.1, -0.05) is 0 Å². The topological polar surface area (TPSA) is 113 Å². The average molecular weight is 395 g/mol. The van der Waals surface area contributed by atoms with E-state index in [-0.39, 0.29) is 18.9 Å². The van der Waals surface area contributed by atoms with Gasteiger partial charge in [0, 0.05) is 25.2 Å². The zero-order valence-corrected chi connectivity index (χ0v) is 15.9. The first-order chi connectivity index (χ1) is 12.7. The standard InChI is InChI=1S/C17H21N3O6S/c1-26-15(21)10-14-16(22)18-6-8-19(14)17(23)12-3-4-13-11(9-12)5-7-20(13)27(2,24)25/h3-4,9,14H,5-8,10H2,1-2H3,(H,18,22). The van der Waals surface area contributed by atoms with Gasteiger partial charge in [0.25, 0.3) is 5.91 Å². The Hall–Kier alpha value is -2.62.